The summed E-state index contributed by atoms with van der Waals surface area (Å²) in [5.74, 6) is -5.24. The molecule has 39 heavy (non-hydrogen) atoms. The zero-order valence-corrected chi connectivity index (χ0v) is 22.9. The second kappa shape index (κ2) is 10.8. The van der Waals surface area contributed by atoms with Gasteiger partial charge < -0.3 is 24.8 Å². The number of nitrogens with one attached hydrogen (secondary N) is 1. The molecule has 11 heteroatoms. The summed E-state index contributed by atoms with van der Waals surface area (Å²) in [6.45, 7) is 6.27. The van der Waals surface area contributed by atoms with Gasteiger partial charge in [0.05, 0.1) is 18.7 Å². The average molecular weight is 551 g/mol. The number of rotatable bonds is 9. The highest BCUT2D eigenvalue weighted by Gasteiger charge is 2.49. The summed E-state index contributed by atoms with van der Waals surface area (Å²) in [5.41, 5.74) is -3.51. The maximum atomic E-state index is 15.6. The third kappa shape index (κ3) is 5.47. The first-order valence-corrected chi connectivity index (χ1v) is 12.8. The van der Waals surface area contributed by atoms with Gasteiger partial charge in [-0.1, -0.05) is 12.1 Å². The Balaban J connectivity index is 1.73. The van der Waals surface area contributed by atoms with Gasteiger partial charge in [-0.15, -0.1) is 0 Å². The number of nitrogens with zero attached hydrogens (tertiary/aromatic N) is 3. The van der Waals surface area contributed by atoms with Gasteiger partial charge in [-0.25, -0.2) is 18.7 Å². The molecule has 0 radical (unpaired) electrons. The Morgan fingerprint density at radius 1 is 1.21 bits per heavy atom. The standard InChI is InChI=1S/C28H34F4N4O3/c1-15(18-10-7-11-20(22(18)29)28(31,32)27(3,4)37)33-26-19-13-21(39-14-17-9-8-12-36(17)5)25(38-6)23(30)24(19)34-16(2)35-26/h7,10-11,13,15,17,37H,8-9,12,14H2,1-6H3,(H,33,34,35)/t15-,17+/m1/s1. The molecule has 0 spiro atoms. The largest absolute Gasteiger partial charge is 0.490 e. The van der Waals surface area contributed by atoms with Gasteiger partial charge in [-0.2, -0.15) is 8.78 Å². The van der Waals surface area contributed by atoms with Crippen molar-refractivity contribution in [1.29, 1.82) is 0 Å². The number of aromatic nitrogens is 2. The molecule has 1 saturated heterocycles. The van der Waals surface area contributed by atoms with Crippen molar-refractivity contribution in [3.63, 3.8) is 0 Å². The number of methoxy groups -OCH3 is 1. The average Bonchev–Trinajstić information content (AvgIpc) is 3.27. The van der Waals surface area contributed by atoms with Crippen LogP contribution >= 0.6 is 0 Å². The summed E-state index contributed by atoms with van der Waals surface area (Å²) in [6.07, 6.45) is 2.00. The van der Waals surface area contributed by atoms with Gasteiger partial charge >= 0.3 is 5.92 Å². The van der Waals surface area contributed by atoms with Crippen molar-refractivity contribution in [3.8, 4) is 11.5 Å². The maximum absolute atomic E-state index is 15.6. The number of benzene rings is 2. The SMILES string of the molecule is COc1c(OC[C@@H]2CCCN2C)cc2c(N[C@H](C)c3cccc(C(F)(F)C(C)(C)O)c3F)nc(C)nc2c1F. The number of fused-ring (bicyclic) bond motifs is 1. The van der Waals surface area contributed by atoms with Gasteiger partial charge in [0.2, 0.25) is 0 Å². The highest BCUT2D eigenvalue weighted by atomic mass is 19.3. The molecule has 2 heterocycles. The zero-order valence-electron chi connectivity index (χ0n) is 22.9. The van der Waals surface area contributed by atoms with Gasteiger partial charge in [0.1, 0.15) is 35.2 Å². The van der Waals surface area contributed by atoms with E-state index in [1.54, 1.807) is 19.9 Å². The predicted molar refractivity (Wildman–Crippen MR) is 141 cm³/mol. The Hall–Kier alpha value is -3.18. The Morgan fingerprint density at radius 3 is 2.54 bits per heavy atom. The number of hydrogen-bond acceptors (Lipinski definition) is 7. The van der Waals surface area contributed by atoms with Crippen LogP contribution in [0.5, 0.6) is 11.5 Å². The molecule has 1 fully saturated rings. The zero-order chi connectivity index (χ0) is 28.7. The first-order valence-electron chi connectivity index (χ1n) is 12.8. The third-order valence-corrected chi connectivity index (χ3v) is 7.23. The lowest BCUT2D eigenvalue weighted by molar-refractivity contribution is -0.170. The minimum atomic E-state index is -3.84. The molecule has 2 aromatic carbocycles. The van der Waals surface area contributed by atoms with Crippen LogP contribution in [0, 0.1) is 18.6 Å². The summed E-state index contributed by atoms with van der Waals surface area (Å²) in [4.78, 5) is 10.8. The van der Waals surface area contributed by atoms with Crippen molar-refractivity contribution in [3.05, 3.63) is 52.9 Å². The second-order valence-corrected chi connectivity index (χ2v) is 10.5. The Bertz CT molecular complexity index is 1360. The van der Waals surface area contributed by atoms with Crippen molar-refractivity contribution in [2.24, 2.45) is 0 Å². The van der Waals surface area contributed by atoms with Crippen LogP contribution in [0.3, 0.4) is 0 Å². The summed E-state index contributed by atoms with van der Waals surface area (Å²) in [6, 6.07) is 4.49. The van der Waals surface area contributed by atoms with Crippen LogP contribution in [-0.4, -0.2) is 58.9 Å². The number of halogens is 4. The van der Waals surface area contributed by atoms with E-state index in [0.29, 0.717) is 6.61 Å². The number of likely N-dealkylation sites (N-methyl/N-ethyl adjacent to an activating group) is 1. The number of likely N-dealkylation sites (tertiary alicyclic amines) is 1. The fraction of sp³-hybridized carbons (Fsp3) is 0.500. The van der Waals surface area contributed by atoms with E-state index in [-0.39, 0.29) is 45.6 Å². The molecular formula is C28H34F4N4O3. The lowest BCUT2D eigenvalue weighted by Gasteiger charge is -2.30. The molecule has 1 aliphatic rings. The molecule has 212 valence electrons. The van der Waals surface area contributed by atoms with Gasteiger partial charge in [-0.3, -0.25) is 0 Å². The van der Waals surface area contributed by atoms with Gasteiger partial charge in [0, 0.05) is 17.0 Å². The molecular weight excluding hydrogens is 516 g/mol. The summed E-state index contributed by atoms with van der Waals surface area (Å²) in [7, 11) is 3.35. The number of aryl methyl sites for hydroxylation is 1. The smallest absolute Gasteiger partial charge is 0.303 e. The van der Waals surface area contributed by atoms with Crippen LogP contribution in [0.1, 0.15) is 56.6 Å². The first-order chi connectivity index (χ1) is 18.3. The normalized spacial score (nSPS) is 17.5. The van der Waals surface area contributed by atoms with E-state index in [1.807, 2.05) is 7.05 Å². The van der Waals surface area contributed by atoms with Crippen LogP contribution in [0.15, 0.2) is 24.3 Å². The monoisotopic (exact) mass is 550 g/mol. The van der Waals surface area contributed by atoms with Crippen molar-refractivity contribution < 1.29 is 32.1 Å². The van der Waals surface area contributed by atoms with E-state index in [2.05, 4.69) is 20.2 Å². The molecule has 0 unspecified atom stereocenters. The third-order valence-electron chi connectivity index (χ3n) is 7.23. The molecule has 0 aliphatic carbocycles. The van der Waals surface area contributed by atoms with Gasteiger partial charge in [-0.05, 0) is 66.3 Å². The van der Waals surface area contributed by atoms with E-state index >= 15 is 8.78 Å². The van der Waals surface area contributed by atoms with Crippen molar-refractivity contribution in [1.82, 2.24) is 14.9 Å². The van der Waals surface area contributed by atoms with E-state index < -0.39 is 34.8 Å². The molecule has 1 aromatic heterocycles. The Kier molecular flexibility index (Phi) is 7.96. The highest BCUT2D eigenvalue weighted by Crippen LogP contribution is 2.42. The van der Waals surface area contributed by atoms with Crippen molar-refractivity contribution in [2.75, 3.05) is 32.6 Å². The Morgan fingerprint density at radius 2 is 1.92 bits per heavy atom. The molecule has 0 saturated carbocycles. The minimum Gasteiger partial charge on any atom is -0.490 e. The van der Waals surface area contributed by atoms with Crippen LogP contribution in [0.25, 0.3) is 10.9 Å². The number of hydrogen-bond donors (Lipinski definition) is 2. The van der Waals surface area contributed by atoms with Crippen molar-refractivity contribution >= 4 is 16.7 Å². The summed E-state index contributed by atoms with van der Waals surface area (Å²) >= 11 is 0. The molecule has 3 aromatic rings. The van der Waals surface area contributed by atoms with Gasteiger partial charge in [0.15, 0.2) is 17.3 Å². The minimum absolute atomic E-state index is 0.0258. The number of alkyl halides is 2. The van der Waals surface area contributed by atoms with Crippen LogP contribution in [-0.2, 0) is 5.92 Å². The Labute approximate surface area is 225 Å². The van der Waals surface area contributed by atoms with Gasteiger partial charge in [0.25, 0.3) is 0 Å². The molecule has 0 amide bonds. The lowest BCUT2D eigenvalue weighted by Crippen LogP contribution is -2.41. The van der Waals surface area contributed by atoms with E-state index in [1.165, 1.54) is 19.2 Å². The molecule has 1 aliphatic heterocycles. The molecule has 7 nitrogen and oxygen atoms in total. The predicted octanol–water partition coefficient (Wildman–Crippen LogP) is 5.73. The van der Waals surface area contributed by atoms with E-state index in [4.69, 9.17) is 9.47 Å². The summed E-state index contributed by atoms with van der Waals surface area (Å²) in [5, 5.41) is 13.2. The quantitative estimate of drug-likeness (QED) is 0.329. The number of anilines is 1. The number of ether oxygens (including phenoxy) is 2. The molecule has 4 rings (SSSR count). The lowest BCUT2D eigenvalue weighted by atomic mass is 9.91. The van der Waals surface area contributed by atoms with Crippen LogP contribution in [0.4, 0.5) is 23.4 Å². The van der Waals surface area contributed by atoms with E-state index in [0.717, 1.165) is 39.3 Å². The highest BCUT2D eigenvalue weighted by molar-refractivity contribution is 5.92. The van der Waals surface area contributed by atoms with Crippen LogP contribution < -0.4 is 14.8 Å². The maximum Gasteiger partial charge on any atom is 0.303 e. The van der Waals surface area contributed by atoms with Crippen LogP contribution in [0.2, 0.25) is 0 Å². The number of aliphatic hydroxyl groups is 1. The topological polar surface area (TPSA) is 79.7 Å². The summed E-state index contributed by atoms with van der Waals surface area (Å²) < 4.78 is 71.9. The fourth-order valence-corrected chi connectivity index (χ4v) is 4.82. The molecule has 0 bridgehead atoms. The fourth-order valence-electron chi connectivity index (χ4n) is 4.82. The van der Waals surface area contributed by atoms with E-state index in [9.17, 15) is 13.9 Å². The second-order valence-electron chi connectivity index (χ2n) is 10.5. The molecule has 2 atom stereocenters. The first kappa shape index (κ1) is 28.8. The molecule has 2 N–H and O–H groups in total. The van der Waals surface area contributed by atoms with Crippen molar-refractivity contribution in [2.45, 2.75) is 64.1 Å².